The summed E-state index contributed by atoms with van der Waals surface area (Å²) in [7, 11) is -1.81. The molecule has 0 bridgehead atoms. The molecule has 3 atom stereocenters. The Morgan fingerprint density at radius 3 is 2.13 bits per heavy atom. The fraction of sp³-hybridized carbons (Fsp3) is 0.808. The van der Waals surface area contributed by atoms with Gasteiger partial charge in [0.05, 0.1) is 18.6 Å². The van der Waals surface area contributed by atoms with Gasteiger partial charge in [-0.2, -0.15) is 0 Å². The number of aliphatic hydroxyl groups is 1. The molecule has 0 saturated heterocycles. The molecule has 0 aromatic carbocycles. The number of carbonyl (C=O) groups excluding carboxylic acids is 1. The Morgan fingerprint density at radius 1 is 1.10 bits per heavy atom. The summed E-state index contributed by atoms with van der Waals surface area (Å²) in [5.41, 5.74) is 0.779. The van der Waals surface area contributed by atoms with Gasteiger partial charge in [0.25, 0.3) is 0 Å². The summed E-state index contributed by atoms with van der Waals surface area (Å²) in [6.45, 7) is 24.1. The van der Waals surface area contributed by atoms with Crippen molar-refractivity contribution < 1.29 is 19.1 Å². The van der Waals surface area contributed by atoms with Crippen LogP contribution in [0.2, 0.25) is 18.1 Å². The molecule has 0 radical (unpaired) electrons. The van der Waals surface area contributed by atoms with E-state index in [4.69, 9.17) is 9.16 Å². The Labute approximate surface area is 193 Å². The van der Waals surface area contributed by atoms with E-state index < -0.39 is 13.7 Å². The monoisotopic (exact) mass is 454 g/mol. The zero-order valence-electron chi connectivity index (χ0n) is 22.2. The van der Waals surface area contributed by atoms with Crippen molar-refractivity contribution >= 4 is 14.3 Å². The van der Waals surface area contributed by atoms with Crippen LogP contribution in [0.15, 0.2) is 23.8 Å². The summed E-state index contributed by atoms with van der Waals surface area (Å²) in [4.78, 5) is 12.3. The summed E-state index contributed by atoms with van der Waals surface area (Å²) < 4.78 is 11.9. The van der Waals surface area contributed by atoms with Crippen molar-refractivity contribution in [3.05, 3.63) is 23.8 Å². The lowest BCUT2D eigenvalue weighted by atomic mass is 9.80. The molecule has 0 spiro atoms. The first-order valence-corrected chi connectivity index (χ1v) is 14.7. The van der Waals surface area contributed by atoms with E-state index in [1.54, 1.807) is 0 Å². The number of allylic oxidation sites excluding steroid dienone is 2. The number of esters is 1. The predicted octanol–water partition coefficient (Wildman–Crippen LogP) is 6.76. The number of rotatable bonds is 12. The maximum absolute atomic E-state index is 12.3. The summed E-state index contributed by atoms with van der Waals surface area (Å²) in [6.07, 6.45) is 8.31. The fourth-order valence-corrected chi connectivity index (χ4v) is 3.94. The highest BCUT2D eigenvalue weighted by Gasteiger charge is 2.36. The Kier molecular flexibility index (Phi) is 12.6. The quantitative estimate of drug-likeness (QED) is 0.201. The SMILES string of the molecule is CC(C)=CCC[C@@H](C)[C@H](COC(=O)C(C)(C)C)[C@@H](/C=C/CO[Si](C)(C)C(C)(C)C)CO. The summed E-state index contributed by atoms with van der Waals surface area (Å²) in [5, 5.41) is 10.3. The topological polar surface area (TPSA) is 55.8 Å². The van der Waals surface area contributed by atoms with Crippen LogP contribution in [0.3, 0.4) is 0 Å². The van der Waals surface area contributed by atoms with E-state index in [-0.39, 0.29) is 29.5 Å². The Hall–Kier alpha value is -0.913. The molecular formula is C26H50O4Si. The molecular weight excluding hydrogens is 404 g/mol. The summed E-state index contributed by atoms with van der Waals surface area (Å²) in [5.74, 6) is 0.103. The Bertz CT molecular complexity index is 590. The van der Waals surface area contributed by atoms with E-state index >= 15 is 0 Å². The van der Waals surface area contributed by atoms with Crippen molar-refractivity contribution in [1.82, 2.24) is 0 Å². The van der Waals surface area contributed by atoms with E-state index in [9.17, 15) is 9.90 Å². The minimum atomic E-state index is -1.81. The molecule has 1 N–H and O–H groups in total. The molecule has 0 fully saturated rings. The van der Waals surface area contributed by atoms with Gasteiger partial charge in [0.1, 0.15) is 0 Å². The van der Waals surface area contributed by atoms with E-state index in [0.29, 0.717) is 19.1 Å². The predicted molar refractivity (Wildman–Crippen MR) is 135 cm³/mol. The molecule has 5 heteroatoms. The third-order valence-corrected chi connectivity index (χ3v) is 10.9. The molecule has 0 saturated carbocycles. The van der Waals surface area contributed by atoms with Gasteiger partial charge < -0.3 is 14.3 Å². The number of carbonyl (C=O) groups is 1. The fourth-order valence-electron chi connectivity index (χ4n) is 2.99. The molecule has 0 aliphatic heterocycles. The first-order valence-electron chi connectivity index (χ1n) is 11.7. The lowest BCUT2D eigenvalue weighted by Gasteiger charge is -2.35. The Morgan fingerprint density at radius 2 is 1.68 bits per heavy atom. The smallest absolute Gasteiger partial charge is 0.311 e. The highest BCUT2D eigenvalue weighted by molar-refractivity contribution is 6.74. The van der Waals surface area contributed by atoms with Crippen LogP contribution in [0, 0.1) is 23.2 Å². The first kappa shape index (κ1) is 30.1. The van der Waals surface area contributed by atoms with Gasteiger partial charge in [-0.1, -0.05) is 51.5 Å². The highest BCUT2D eigenvalue weighted by Crippen LogP contribution is 2.36. The van der Waals surface area contributed by atoms with Crippen molar-refractivity contribution in [2.45, 2.75) is 93.3 Å². The van der Waals surface area contributed by atoms with Crippen LogP contribution in [0.5, 0.6) is 0 Å². The molecule has 0 rings (SSSR count). The van der Waals surface area contributed by atoms with Crippen molar-refractivity contribution in [1.29, 1.82) is 0 Å². The van der Waals surface area contributed by atoms with Gasteiger partial charge in [0, 0.05) is 18.4 Å². The zero-order valence-corrected chi connectivity index (χ0v) is 23.2. The van der Waals surface area contributed by atoms with Gasteiger partial charge in [-0.05, 0) is 71.5 Å². The molecule has 0 aromatic heterocycles. The second kappa shape index (κ2) is 13.0. The molecule has 0 unspecified atom stereocenters. The summed E-state index contributed by atoms with van der Waals surface area (Å²) in [6, 6.07) is 0. The molecule has 4 nitrogen and oxygen atoms in total. The minimum Gasteiger partial charge on any atom is -0.465 e. The van der Waals surface area contributed by atoms with Gasteiger partial charge >= 0.3 is 5.97 Å². The van der Waals surface area contributed by atoms with E-state index in [1.807, 2.05) is 26.8 Å². The molecule has 0 aromatic rings. The number of ether oxygens (including phenoxy) is 1. The van der Waals surface area contributed by atoms with E-state index in [0.717, 1.165) is 12.8 Å². The van der Waals surface area contributed by atoms with Gasteiger partial charge in [0.15, 0.2) is 8.32 Å². The largest absolute Gasteiger partial charge is 0.465 e. The normalized spacial score (nSPS) is 16.1. The van der Waals surface area contributed by atoms with Crippen LogP contribution in [-0.4, -0.2) is 39.2 Å². The van der Waals surface area contributed by atoms with Crippen LogP contribution < -0.4 is 0 Å². The first-order chi connectivity index (χ1) is 14.0. The maximum atomic E-state index is 12.3. The van der Waals surface area contributed by atoms with E-state index in [1.165, 1.54) is 5.57 Å². The van der Waals surface area contributed by atoms with Crippen molar-refractivity contribution in [2.24, 2.45) is 23.2 Å². The van der Waals surface area contributed by atoms with Crippen molar-refractivity contribution in [2.75, 3.05) is 19.8 Å². The zero-order chi connectivity index (χ0) is 24.5. The lowest BCUT2D eigenvalue weighted by Crippen LogP contribution is -2.40. The van der Waals surface area contributed by atoms with Gasteiger partial charge in [-0.3, -0.25) is 4.79 Å². The van der Waals surface area contributed by atoms with Crippen LogP contribution in [-0.2, 0) is 14.0 Å². The van der Waals surface area contributed by atoms with Crippen LogP contribution in [0.4, 0.5) is 0 Å². The van der Waals surface area contributed by atoms with Gasteiger partial charge in [-0.25, -0.2) is 0 Å². The molecule has 31 heavy (non-hydrogen) atoms. The van der Waals surface area contributed by atoms with Crippen LogP contribution in [0.25, 0.3) is 0 Å². The molecule has 182 valence electrons. The van der Waals surface area contributed by atoms with Gasteiger partial charge in [0.2, 0.25) is 0 Å². The van der Waals surface area contributed by atoms with E-state index in [2.05, 4.69) is 66.8 Å². The number of hydrogen-bond donors (Lipinski definition) is 1. The molecule has 0 aliphatic rings. The minimum absolute atomic E-state index is 0.0291. The molecule has 0 heterocycles. The average molecular weight is 455 g/mol. The van der Waals surface area contributed by atoms with Crippen molar-refractivity contribution in [3.8, 4) is 0 Å². The number of aliphatic hydroxyl groups excluding tert-OH is 1. The maximum Gasteiger partial charge on any atom is 0.311 e. The van der Waals surface area contributed by atoms with Crippen LogP contribution >= 0.6 is 0 Å². The third-order valence-electron chi connectivity index (χ3n) is 6.42. The van der Waals surface area contributed by atoms with Crippen LogP contribution in [0.1, 0.15) is 75.2 Å². The number of hydrogen-bond acceptors (Lipinski definition) is 4. The second-order valence-electron chi connectivity index (χ2n) is 11.7. The Balaban J connectivity index is 5.29. The third kappa shape index (κ3) is 11.5. The lowest BCUT2D eigenvalue weighted by molar-refractivity contribution is -0.155. The van der Waals surface area contributed by atoms with Crippen molar-refractivity contribution in [3.63, 3.8) is 0 Å². The second-order valence-corrected chi connectivity index (χ2v) is 16.5. The highest BCUT2D eigenvalue weighted by atomic mass is 28.4. The molecule has 0 aliphatic carbocycles. The van der Waals surface area contributed by atoms with Gasteiger partial charge in [-0.15, -0.1) is 0 Å². The summed E-state index contributed by atoms with van der Waals surface area (Å²) >= 11 is 0. The standard InChI is InChI=1S/C26H50O4Si/c1-20(2)14-12-15-21(3)23(19-29-24(28)25(4,5)6)22(18-27)16-13-17-30-31(10,11)26(7,8)9/h13-14,16,21-23,27H,12,15,17-19H2,1-11H3/b16-13+/t21-,22+,23+/m1/s1. The molecule has 0 amide bonds. The average Bonchev–Trinajstić information content (AvgIpc) is 2.61.